The lowest BCUT2D eigenvalue weighted by Gasteiger charge is -2.17. The molecule has 0 fully saturated rings. The van der Waals surface area contributed by atoms with E-state index in [0.29, 0.717) is 6.54 Å². The second-order valence-corrected chi connectivity index (χ2v) is 6.34. The van der Waals surface area contributed by atoms with Crippen molar-refractivity contribution in [1.82, 2.24) is 19.9 Å². The topological polar surface area (TPSA) is 64.2 Å². The number of hydrogen-bond acceptors (Lipinski definition) is 4. The Morgan fingerprint density at radius 3 is 2.77 bits per heavy atom. The van der Waals surface area contributed by atoms with E-state index < -0.39 is 0 Å². The van der Waals surface area contributed by atoms with Gasteiger partial charge in [0.2, 0.25) is 5.91 Å². The molecule has 0 radical (unpaired) electrons. The lowest BCUT2D eigenvalue weighted by atomic mass is 10.1. The van der Waals surface area contributed by atoms with Crippen molar-refractivity contribution in [2.75, 3.05) is 7.05 Å². The molecule has 6 nitrogen and oxygen atoms in total. The Kier molecular flexibility index (Phi) is 4.16. The largest absolute Gasteiger partial charge is 0.461 e. The third-order valence-corrected chi connectivity index (χ3v) is 4.63. The van der Waals surface area contributed by atoms with Gasteiger partial charge in [0.25, 0.3) is 0 Å². The maximum Gasteiger partial charge on any atom is 0.244 e. The van der Waals surface area contributed by atoms with Crippen molar-refractivity contribution >= 4 is 27.9 Å². The molecule has 132 valence electrons. The molecule has 2 heterocycles. The van der Waals surface area contributed by atoms with Gasteiger partial charge >= 0.3 is 0 Å². The number of likely N-dealkylation sites (N-methyl/N-ethyl adjacent to an activating group) is 1. The summed E-state index contributed by atoms with van der Waals surface area (Å²) in [6.45, 7) is 2.73. The Balaban J connectivity index is 1.56. The number of aromatic nitrogens is 3. The Bertz CT molecular complexity index is 1080. The van der Waals surface area contributed by atoms with Crippen molar-refractivity contribution in [3.05, 3.63) is 59.9 Å². The van der Waals surface area contributed by atoms with Gasteiger partial charge in [-0.25, -0.2) is 4.68 Å². The van der Waals surface area contributed by atoms with Crippen LogP contribution in [0.4, 0.5) is 0 Å². The van der Waals surface area contributed by atoms with Crippen LogP contribution in [0.1, 0.15) is 18.2 Å². The lowest BCUT2D eigenvalue weighted by Crippen LogP contribution is -2.30. The number of para-hydroxylation sites is 2. The summed E-state index contributed by atoms with van der Waals surface area (Å²) in [6, 6.07) is 15.6. The van der Waals surface area contributed by atoms with Crippen molar-refractivity contribution in [2.24, 2.45) is 0 Å². The number of benzene rings is 2. The normalized spacial score (nSPS) is 11.3. The zero-order valence-corrected chi connectivity index (χ0v) is 14.8. The van der Waals surface area contributed by atoms with Gasteiger partial charge in [0.05, 0.1) is 5.52 Å². The fraction of sp³-hybridized carbons (Fsp3) is 0.250. The van der Waals surface area contributed by atoms with Crippen molar-refractivity contribution < 1.29 is 9.21 Å². The van der Waals surface area contributed by atoms with E-state index in [2.05, 4.69) is 17.2 Å². The zero-order valence-electron chi connectivity index (χ0n) is 14.8. The van der Waals surface area contributed by atoms with E-state index in [1.54, 1.807) is 9.58 Å². The van der Waals surface area contributed by atoms with Crippen LogP contribution in [0.3, 0.4) is 0 Å². The molecule has 0 aliphatic heterocycles. The lowest BCUT2D eigenvalue weighted by molar-refractivity contribution is -0.131. The van der Waals surface area contributed by atoms with Gasteiger partial charge in [0, 0.05) is 31.0 Å². The third kappa shape index (κ3) is 2.83. The SMILES string of the molecule is CCc1oc2ccccc2c1CN(C)C(=O)Cn1nnc2ccccc21. The first kappa shape index (κ1) is 16.3. The highest BCUT2D eigenvalue weighted by molar-refractivity contribution is 5.84. The van der Waals surface area contributed by atoms with Crippen molar-refractivity contribution in [3.63, 3.8) is 0 Å². The number of nitrogens with zero attached hydrogens (tertiary/aromatic N) is 4. The molecule has 0 saturated heterocycles. The Labute approximate surface area is 151 Å². The summed E-state index contributed by atoms with van der Waals surface area (Å²) in [4.78, 5) is 14.4. The standard InChI is InChI=1S/C20H20N4O2/c1-3-18-15(14-8-4-7-11-19(14)26-18)12-23(2)20(25)13-24-17-10-6-5-9-16(17)21-22-24/h4-11H,3,12-13H2,1-2H3. The van der Waals surface area contributed by atoms with Gasteiger partial charge in [-0.15, -0.1) is 5.10 Å². The van der Waals surface area contributed by atoms with Gasteiger partial charge in [0.1, 0.15) is 23.4 Å². The highest BCUT2D eigenvalue weighted by Gasteiger charge is 2.18. The van der Waals surface area contributed by atoms with Gasteiger partial charge < -0.3 is 9.32 Å². The van der Waals surface area contributed by atoms with Crippen molar-refractivity contribution in [2.45, 2.75) is 26.4 Å². The smallest absolute Gasteiger partial charge is 0.244 e. The number of fused-ring (bicyclic) bond motifs is 2. The van der Waals surface area contributed by atoms with Gasteiger partial charge in [-0.05, 0) is 18.2 Å². The number of carbonyl (C=O) groups is 1. The molecule has 2 aromatic heterocycles. The molecular weight excluding hydrogens is 328 g/mol. The van der Waals surface area contributed by atoms with Crippen LogP contribution in [-0.2, 0) is 24.3 Å². The van der Waals surface area contributed by atoms with E-state index in [-0.39, 0.29) is 12.5 Å². The van der Waals surface area contributed by atoms with Gasteiger partial charge in [-0.2, -0.15) is 0 Å². The van der Waals surface area contributed by atoms with E-state index in [1.807, 2.05) is 55.6 Å². The number of carbonyl (C=O) groups excluding carboxylic acids is 1. The highest BCUT2D eigenvalue weighted by Crippen LogP contribution is 2.27. The second-order valence-electron chi connectivity index (χ2n) is 6.34. The van der Waals surface area contributed by atoms with E-state index in [9.17, 15) is 4.79 Å². The van der Waals surface area contributed by atoms with Crippen LogP contribution in [0.2, 0.25) is 0 Å². The molecular formula is C20H20N4O2. The number of hydrogen-bond donors (Lipinski definition) is 0. The van der Waals surface area contributed by atoms with Crippen molar-refractivity contribution in [1.29, 1.82) is 0 Å². The minimum atomic E-state index is -0.0204. The van der Waals surface area contributed by atoms with E-state index in [1.165, 1.54) is 0 Å². The fourth-order valence-electron chi connectivity index (χ4n) is 3.22. The first-order valence-corrected chi connectivity index (χ1v) is 8.69. The molecule has 26 heavy (non-hydrogen) atoms. The van der Waals surface area contributed by atoms with Crippen LogP contribution in [0.25, 0.3) is 22.0 Å². The molecule has 0 saturated carbocycles. The van der Waals surface area contributed by atoms with Crippen LogP contribution in [0.5, 0.6) is 0 Å². The number of aryl methyl sites for hydroxylation is 1. The van der Waals surface area contributed by atoms with Crippen LogP contribution in [-0.4, -0.2) is 32.8 Å². The maximum absolute atomic E-state index is 12.7. The quantitative estimate of drug-likeness (QED) is 0.554. The number of rotatable bonds is 5. The summed E-state index contributed by atoms with van der Waals surface area (Å²) in [6.07, 6.45) is 0.791. The molecule has 0 atom stereocenters. The summed E-state index contributed by atoms with van der Waals surface area (Å²) >= 11 is 0. The van der Waals surface area contributed by atoms with E-state index in [0.717, 1.165) is 39.7 Å². The van der Waals surface area contributed by atoms with E-state index in [4.69, 9.17) is 4.42 Å². The molecule has 0 N–H and O–H groups in total. The fourth-order valence-corrected chi connectivity index (χ4v) is 3.22. The van der Waals surface area contributed by atoms with Crippen LogP contribution in [0, 0.1) is 0 Å². The van der Waals surface area contributed by atoms with E-state index >= 15 is 0 Å². The minimum Gasteiger partial charge on any atom is -0.461 e. The van der Waals surface area contributed by atoms with Gasteiger partial charge in [0.15, 0.2) is 0 Å². The average molecular weight is 348 g/mol. The molecule has 6 heteroatoms. The molecule has 1 amide bonds. The number of furan rings is 1. The molecule has 0 aliphatic carbocycles. The van der Waals surface area contributed by atoms with Gasteiger partial charge in [-0.3, -0.25) is 4.79 Å². The summed E-state index contributed by atoms with van der Waals surface area (Å²) in [7, 11) is 1.81. The minimum absolute atomic E-state index is 0.0204. The predicted octanol–water partition coefficient (Wildman–Crippen LogP) is 3.40. The Morgan fingerprint density at radius 2 is 1.92 bits per heavy atom. The molecule has 0 aliphatic rings. The van der Waals surface area contributed by atoms with Crippen molar-refractivity contribution in [3.8, 4) is 0 Å². The average Bonchev–Trinajstić information content (AvgIpc) is 3.23. The summed E-state index contributed by atoms with van der Waals surface area (Å²) in [5, 5.41) is 9.27. The Hall–Kier alpha value is -3.15. The van der Waals surface area contributed by atoms with Crippen LogP contribution >= 0.6 is 0 Å². The second kappa shape index (κ2) is 6.63. The van der Waals surface area contributed by atoms with Crippen LogP contribution in [0.15, 0.2) is 52.9 Å². The highest BCUT2D eigenvalue weighted by atomic mass is 16.3. The molecule has 0 spiro atoms. The molecule has 2 aromatic carbocycles. The summed E-state index contributed by atoms with van der Waals surface area (Å²) in [5.74, 6) is 0.907. The first-order valence-electron chi connectivity index (χ1n) is 8.69. The summed E-state index contributed by atoms with van der Waals surface area (Å²) < 4.78 is 7.57. The Morgan fingerprint density at radius 1 is 1.15 bits per heavy atom. The third-order valence-electron chi connectivity index (χ3n) is 4.63. The maximum atomic E-state index is 12.7. The predicted molar refractivity (Wildman–Crippen MR) is 99.6 cm³/mol. The molecule has 0 bridgehead atoms. The number of amides is 1. The summed E-state index contributed by atoms with van der Waals surface area (Å²) in [5.41, 5.74) is 3.58. The zero-order chi connectivity index (χ0) is 18.1. The van der Waals surface area contributed by atoms with Crippen LogP contribution < -0.4 is 0 Å². The molecule has 4 rings (SSSR count). The first-order chi connectivity index (χ1) is 12.7. The van der Waals surface area contributed by atoms with Gasteiger partial charge in [-0.1, -0.05) is 42.5 Å². The monoisotopic (exact) mass is 348 g/mol. The molecule has 4 aromatic rings. The molecule has 0 unspecified atom stereocenters.